The van der Waals surface area contributed by atoms with Gasteiger partial charge in [-0.3, -0.25) is 10.1 Å². The van der Waals surface area contributed by atoms with E-state index in [4.69, 9.17) is 5.26 Å². The van der Waals surface area contributed by atoms with Gasteiger partial charge in [0.25, 0.3) is 5.69 Å². The first-order chi connectivity index (χ1) is 9.11. The van der Waals surface area contributed by atoms with Gasteiger partial charge in [0.05, 0.1) is 33.9 Å². The highest BCUT2D eigenvalue weighted by Crippen LogP contribution is 2.25. The first-order valence-electron chi connectivity index (χ1n) is 5.38. The van der Waals surface area contributed by atoms with Gasteiger partial charge in [-0.25, -0.2) is 4.98 Å². The first-order valence-corrected chi connectivity index (χ1v) is 6.33. The molecule has 0 bridgehead atoms. The summed E-state index contributed by atoms with van der Waals surface area (Å²) >= 11 is 1.50. The minimum atomic E-state index is -0.509. The predicted molar refractivity (Wildman–Crippen MR) is 72.0 cm³/mol. The lowest BCUT2D eigenvalue weighted by Crippen LogP contribution is -2.17. The third kappa shape index (κ3) is 2.86. The van der Waals surface area contributed by atoms with E-state index in [-0.39, 0.29) is 11.3 Å². The number of nitriles is 1. The lowest BCUT2D eigenvalue weighted by Gasteiger charge is -2.19. The average Bonchev–Trinajstić information content (AvgIpc) is 2.90. The quantitative estimate of drug-likeness (QED) is 0.632. The summed E-state index contributed by atoms with van der Waals surface area (Å²) in [6.45, 7) is 0.552. The molecule has 0 aliphatic rings. The van der Waals surface area contributed by atoms with Gasteiger partial charge in [0.1, 0.15) is 6.07 Å². The highest BCUT2D eigenvalue weighted by molar-refractivity contribution is 7.07. The van der Waals surface area contributed by atoms with Crippen LogP contribution in [0.4, 0.5) is 11.4 Å². The summed E-state index contributed by atoms with van der Waals surface area (Å²) in [4.78, 5) is 16.2. The Morgan fingerprint density at radius 2 is 2.37 bits per heavy atom. The SMILES string of the molecule is CN(Cc1cscn1)c1ccc([N+](=O)[O-])cc1C#N. The molecule has 0 radical (unpaired) electrons. The zero-order chi connectivity index (χ0) is 13.8. The van der Waals surface area contributed by atoms with Crippen LogP contribution in [0.1, 0.15) is 11.3 Å². The molecular weight excluding hydrogens is 264 g/mol. The molecule has 6 nitrogen and oxygen atoms in total. The van der Waals surface area contributed by atoms with E-state index in [1.54, 1.807) is 11.6 Å². The molecule has 1 aromatic carbocycles. The Morgan fingerprint density at radius 1 is 1.58 bits per heavy atom. The van der Waals surface area contributed by atoms with Gasteiger partial charge >= 0.3 is 0 Å². The lowest BCUT2D eigenvalue weighted by atomic mass is 10.1. The fourth-order valence-electron chi connectivity index (χ4n) is 1.70. The third-order valence-electron chi connectivity index (χ3n) is 2.61. The number of anilines is 1. The Bertz CT molecular complexity index is 634. The molecule has 0 saturated heterocycles. The molecular formula is C12H10N4O2S. The highest BCUT2D eigenvalue weighted by atomic mass is 32.1. The van der Waals surface area contributed by atoms with Gasteiger partial charge in [-0.15, -0.1) is 11.3 Å². The summed E-state index contributed by atoms with van der Waals surface area (Å²) in [5.41, 5.74) is 3.50. The van der Waals surface area contributed by atoms with Crippen molar-refractivity contribution in [2.75, 3.05) is 11.9 Å². The van der Waals surface area contributed by atoms with Crippen LogP contribution in [0.3, 0.4) is 0 Å². The summed E-state index contributed by atoms with van der Waals surface area (Å²) in [7, 11) is 1.82. The fraction of sp³-hybridized carbons (Fsp3) is 0.167. The Balaban J connectivity index is 2.29. The third-order valence-corrected chi connectivity index (χ3v) is 3.24. The molecule has 96 valence electrons. The Morgan fingerprint density at radius 3 is 2.95 bits per heavy atom. The Kier molecular flexibility index (Phi) is 3.73. The van der Waals surface area contributed by atoms with Crippen LogP contribution in [-0.2, 0) is 6.54 Å². The molecule has 19 heavy (non-hydrogen) atoms. The molecule has 7 heteroatoms. The molecule has 0 fully saturated rings. The zero-order valence-electron chi connectivity index (χ0n) is 10.1. The second-order valence-electron chi connectivity index (χ2n) is 3.91. The van der Waals surface area contributed by atoms with Crippen LogP contribution in [-0.4, -0.2) is 17.0 Å². The summed E-state index contributed by atoms with van der Waals surface area (Å²) in [5.74, 6) is 0. The molecule has 0 N–H and O–H groups in total. The van der Waals surface area contributed by atoms with Gasteiger partial charge in [-0.05, 0) is 6.07 Å². The molecule has 1 heterocycles. The van der Waals surface area contributed by atoms with Crippen molar-refractivity contribution < 1.29 is 4.92 Å². The van der Waals surface area contributed by atoms with Crippen molar-refractivity contribution in [1.29, 1.82) is 5.26 Å². The van der Waals surface area contributed by atoms with E-state index in [0.29, 0.717) is 12.2 Å². The van der Waals surface area contributed by atoms with Gasteiger partial charge in [-0.2, -0.15) is 5.26 Å². The molecule has 0 unspecified atom stereocenters. The molecule has 1 aromatic heterocycles. The number of benzene rings is 1. The van der Waals surface area contributed by atoms with Crippen molar-refractivity contribution >= 4 is 22.7 Å². The van der Waals surface area contributed by atoms with Crippen LogP contribution < -0.4 is 4.90 Å². The average molecular weight is 274 g/mol. The number of hydrogen-bond acceptors (Lipinski definition) is 6. The van der Waals surface area contributed by atoms with Crippen LogP contribution in [0.5, 0.6) is 0 Å². The number of nitrogens with zero attached hydrogens (tertiary/aromatic N) is 4. The maximum absolute atomic E-state index is 10.7. The van der Waals surface area contributed by atoms with Crippen molar-refractivity contribution in [2.24, 2.45) is 0 Å². The van der Waals surface area contributed by atoms with E-state index in [0.717, 1.165) is 5.69 Å². The van der Waals surface area contributed by atoms with Crippen molar-refractivity contribution in [3.05, 3.63) is 50.5 Å². The van der Waals surface area contributed by atoms with Gasteiger partial charge in [-0.1, -0.05) is 0 Å². The number of rotatable bonds is 4. The van der Waals surface area contributed by atoms with Gasteiger partial charge < -0.3 is 4.90 Å². The van der Waals surface area contributed by atoms with Gasteiger partial charge in [0, 0.05) is 24.6 Å². The van der Waals surface area contributed by atoms with Crippen LogP contribution in [0, 0.1) is 21.4 Å². The van der Waals surface area contributed by atoms with E-state index in [2.05, 4.69) is 4.98 Å². The van der Waals surface area contributed by atoms with Crippen LogP contribution in [0.15, 0.2) is 29.1 Å². The first kappa shape index (κ1) is 13.0. The minimum absolute atomic E-state index is 0.0811. The topological polar surface area (TPSA) is 83.1 Å². The smallest absolute Gasteiger partial charge is 0.270 e. The number of aromatic nitrogens is 1. The molecule has 0 aliphatic carbocycles. The van der Waals surface area contributed by atoms with E-state index in [1.165, 1.54) is 23.5 Å². The maximum atomic E-state index is 10.7. The Hall–Kier alpha value is -2.46. The summed E-state index contributed by atoms with van der Waals surface area (Å²) in [6.07, 6.45) is 0. The van der Waals surface area contributed by atoms with Gasteiger partial charge in [0.2, 0.25) is 0 Å². The number of non-ortho nitro benzene ring substituents is 1. The second-order valence-corrected chi connectivity index (χ2v) is 4.62. The normalized spacial score (nSPS) is 9.89. The number of nitro benzene ring substituents is 1. The standard InChI is InChI=1S/C12H10N4O2S/c1-15(6-10-7-19-8-14-10)12-3-2-11(16(17)18)4-9(12)5-13/h2-4,7-8H,6H2,1H3. The number of thiazole rings is 1. The van der Waals surface area contributed by atoms with Crippen LogP contribution >= 0.6 is 11.3 Å². The Labute approximate surface area is 113 Å². The van der Waals surface area contributed by atoms with E-state index < -0.39 is 4.92 Å². The molecule has 2 rings (SSSR count). The number of hydrogen-bond donors (Lipinski definition) is 0. The van der Waals surface area contributed by atoms with Crippen LogP contribution in [0.2, 0.25) is 0 Å². The minimum Gasteiger partial charge on any atom is -0.368 e. The fourth-order valence-corrected chi connectivity index (χ4v) is 2.25. The molecule has 0 aliphatic heterocycles. The molecule has 0 amide bonds. The van der Waals surface area contributed by atoms with Crippen molar-refractivity contribution in [2.45, 2.75) is 6.54 Å². The molecule has 0 saturated carbocycles. The summed E-state index contributed by atoms with van der Waals surface area (Å²) < 4.78 is 0. The lowest BCUT2D eigenvalue weighted by molar-refractivity contribution is -0.384. The molecule has 0 spiro atoms. The molecule has 2 aromatic rings. The van der Waals surface area contributed by atoms with Gasteiger partial charge in [0.15, 0.2) is 0 Å². The van der Waals surface area contributed by atoms with E-state index >= 15 is 0 Å². The zero-order valence-corrected chi connectivity index (χ0v) is 10.9. The maximum Gasteiger partial charge on any atom is 0.270 e. The second kappa shape index (κ2) is 5.46. The highest BCUT2D eigenvalue weighted by Gasteiger charge is 2.14. The van der Waals surface area contributed by atoms with Crippen molar-refractivity contribution in [3.8, 4) is 6.07 Å². The monoisotopic (exact) mass is 274 g/mol. The van der Waals surface area contributed by atoms with Crippen molar-refractivity contribution in [3.63, 3.8) is 0 Å². The predicted octanol–water partition coefficient (Wildman–Crippen LogP) is 2.56. The van der Waals surface area contributed by atoms with E-state index in [1.807, 2.05) is 23.4 Å². The number of nitro groups is 1. The van der Waals surface area contributed by atoms with Crippen LogP contribution in [0.25, 0.3) is 0 Å². The van der Waals surface area contributed by atoms with E-state index in [9.17, 15) is 10.1 Å². The summed E-state index contributed by atoms with van der Waals surface area (Å²) in [6, 6.07) is 6.25. The largest absolute Gasteiger partial charge is 0.368 e. The summed E-state index contributed by atoms with van der Waals surface area (Å²) in [5, 5.41) is 21.7. The molecule has 0 atom stereocenters. The van der Waals surface area contributed by atoms with Crippen molar-refractivity contribution in [1.82, 2.24) is 4.98 Å².